The molecule has 0 aliphatic heterocycles. The molecule has 0 bridgehead atoms. The molecule has 1 aromatic carbocycles. The first kappa shape index (κ1) is 17.5. The molecule has 0 saturated carbocycles. The molecule has 1 N–H and O–H groups in total. The maximum Gasteiger partial charge on any atom is 0.325 e. The van der Waals surface area contributed by atoms with Crippen LogP contribution in [0.15, 0.2) is 24.4 Å². The number of halogens is 2. The van der Waals surface area contributed by atoms with Gasteiger partial charge >= 0.3 is 5.97 Å². The second kappa shape index (κ2) is 7.16. The maximum atomic E-state index is 14.8. The van der Waals surface area contributed by atoms with Gasteiger partial charge in [0.15, 0.2) is 0 Å². The van der Waals surface area contributed by atoms with E-state index in [2.05, 4.69) is 15.0 Å². The molecule has 0 atom stereocenters. The highest BCUT2D eigenvalue weighted by Crippen LogP contribution is 2.30. The first-order valence-corrected chi connectivity index (χ1v) is 7.12. The van der Waals surface area contributed by atoms with E-state index in [-0.39, 0.29) is 5.56 Å². The van der Waals surface area contributed by atoms with E-state index in [1.165, 1.54) is 6.07 Å². The zero-order valence-corrected chi connectivity index (χ0v) is 13.4. The zero-order valence-electron chi connectivity index (χ0n) is 13.4. The molecule has 0 radical (unpaired) electrons. The summed E-state index contributed by atoms with van der Waals surface area (Å²) in [5, 5.41) is 2.13. The molecule has 1 heterocycles. The van der Waals surface area contributed by atoms with Crippen molar-refractivity contribution in [1.29, 1.82) is 0 Å². The van der Waals surface area contributed by atoms with Gasteiger partial charge < -0.3 is 10.1 Å². The molecular formula is C17H16F2N2O3. The summed E-state index contributed by atoms with van der Waals surface area (Å²) in [6.45, 7) is 2.98. The number of aryl methyl sites for hydroxylation is 2. The Morgan fingerprint density at radius 2 is 1.92 bits per heavy atom. The molecule has 1 amide bonds. The predicted octanol–water partition coefficient (Wildman–Crippen LogP) is 2.55. The van der Waals surface area contributed by atoms with Crippen LogP contribution < -0.4 is 5.32 Å². The summed E-state index contributed by atoms with van der Waals surface area (Å²) < 4.78 is 33.1. The van der Waals surface area contributed by atoms with Gasteiger partial charge in [0.25, 0.3) is 5.91 Å². The number of nitrogens with zero attached hydrogens (tertiary/aromatic N) is 1. The van der Waals surface area contributed by atoms with Crippen molar-refractivity contribution in [3.63, 3.8) is 0 Å². The highest BCUT2D eigenvalue weighted by atomic mass is 19.1. The minimum absolute atomic E-state index is 0.0720. The van der Waals surface area contributed by atoms with Gasteiger partial charge in [0, 0.05) is 23.0 Å². The van der Waals surface area contributed by atoms with Gasteiger partial charge in [-0.25, -0.2) is 8.78 Å². The highest BCUT2D eigenvalue weighted by Gasteiger charge is 2.23. The number of amides is 1. The quantitative estimate of drug-likeness (QED) is 0.873. The third-order valence-electron chi connectivity index (χ3n) is 3.56. The molecule has 2 rings (SSSR count). The molecule has 0 unspecified atom stereocenters. The monoisotopic (exact) mass is 334 g/mol. The fourth-order valence-electron chi connectivity index (χ4n) is 2.37. The number of carbonyl (C=O) groups is 2. The molecular weight excluding hydrogens is 318 g/mol. The number of nitrogens with one attached hydrogen (secondary N) is 1. The molecule has 0 aliphatic carbocycles. The lowest BCUT2D eigenvalue weighted by atomic mass is 9.96. The average molecular weight is 334 g/mol. The van der Waals surface area contributed by atoms with Gasteiger partial charge in [0.1, 0.15) is 23.7 Å². The Kier molecular flexibility index (Phi) is 5.23. The van der Waals surface area contributed by atoms with Gasteiger partial charge in [-0.3, -0.25) is 14.6 Å². The van der Waals surface area contributed by atoms with Crippen LogP contribution in [0.4, 0.5) is 8.78 Å². The SMILES string of the molecule is COC(=O)CNC(=O)c1c(F)ccc(-c2c(C)ccnc2C)c1F. The molecule has 7 heteroatoms. The first-order chi connectivity index (χ1) is 11.4. The molecule has 2 aromatic rings. The number of rotatable bonds is 4. The number of benzene rings is 1. The molecule has 0 saturated heterocycles. The van der Waals surface area contributed by atoms with E-state index in [1.54, 1.807) is 26.1 Å². The Morgan fingerprint density at radius 3 is 2.54 bits per heavy atom. The predicted molar refractivity (Wildman–Crippen MR) is 83.4 cm³/mol. The lowest BCUT2D eigenvalue weighted by molar-refractivity contribution is -0.139. The van der Waals surface area contributed by atoms with Crippen LogP contribution >= 0.6 is 0 Å². The number of carbonyl (C=O) groups excluding carboxylic acids is 2. The summed E-state index contributed by atoms with van der Waals surface area (Å²) in [5.74, 6) is -3.77. The summed E-state index contributed by atoms with van der Waals surface area (Å²) in [4.78, 5) is 27.2. The van der Waals surface area contributed by atoms with Crippen LogP contribution in [-0.2, 0) is 9.53 Å². The fraction of sp³-hybridized carbons (Fsp3) is 0.235. The smallest absolute Gasteiger partial charge is 0.325 e. The molecule has 24 heavy (non-hydrogen) atoms. The van der Waals surface area contributed by atoms with Crippen molar-refractivity contribution >= 4 is 11.9 Å². The molecule has 1 aromatic heterocycles. The van der Waals surface area contributed by atoms with E-state index in [4.69, 9.17) is 0 Å². The van der Waals surface area contributed by atoms with Gasteiger partial charge in [-0.15, -0.1) is 0 Å². The Balaban J connectivity index is 2.48. The summed E-state index contributed by atoms with van der Waals surface area (Å²) in [6, 6.07) is 3.97. The number of aromatic nitrogens is 1. The highest BCUT2D eigenvalue weighted by molar-refractivity contribution is 5.97. The number of hydrogen-bond donors (Lipinski definition) is 1. The minimum atomic E-state index is -1.03. The van der Waals surface area contributed by atoms with Crippen molar-refractivity contribution in [2.75, 3.05) is 13.7 Å². The maximum absolute atomic E-state index is 14.8. The summed E-state index contributed by atoms with van der Waals surface area (Å²) in [6.07, 6.45) is 1.58. The Labute approximate surface area is 137 Å². The van der Waals surface area contributed by atoms with Crippen LogP contribution in [-0.4, -0.2) is 30.5 Å². The Morgan fingerprint density at radius 1 is 1.21 bits per heavy atom. The van der Waals surface area contributed by atoms with Gasteiger partial charge in [0.2, 0.25) is 0 Å². The summed E-state index contributed by atoms with van der Waals surface area (Å²) in [7, 11) is 1.14. The third-order valence-corrected chi connectivity index (χ3v) is 3.56. The number of esters is 1. The number of hydrogen-bond acceptors (Lipinski definition) is 4. The van der Waals surface area contributed by atoms with Gasteiger partial charge in [-0.1, -0.05) is 0 Å². The largest absolute Gasteiger partial charge is 0.468 e. The van der Waals surface area contributed by atoms with Crippen LogP contribution in [0.1, 0.15) is 21.6 Å². The van der Waals surface area contributed by atoms with Crippen LogP contribution in [0.3, 0.4) is 0 Å². The van der Waals surface area contributed by atoms with Crippen molar-refractivity contribution in [3.05, 3.63) is 52.9 Å². The second-order valence-electron chi connectivity index (χ2n) is 5.13. The van der Waals surface area contributed by atoms with E-state index in [0.29, 0.717) is 11.3 Å². The molecule has 5 nitrogen and oxygen atoms in total. The van der Waals surface area contributed by atoms with E-state index < -0.39 is 35.6 Å². The van der Waals surface area contributed by atoms with E-state index in [9.17, 15) is 18.4 Å². The topological polar surface area (TPSA) is 68.3 Å². The second-order valence-corrected chi connectivity index (χ2v) is 5.13. The number of pyridine rings is 1. The lowest BCUT2D eigenvalue weighted by Crippen LogP contribution is -2.31. The van der Waals surface area contributed by atoms with E-state index in [1.807, 2.05) is 0 Å². The van der Waals surface area contributed by atoms with Crippen molar-refractivity contribution in [3.8, 4) is 11.1 Å². The van der Waals surface area contributed by atoms with Crippen molar-refractivity contribution in [2.45, 2.75) is 13.8 Å². The van der Waals surface area contributed by atoms with Crippen LogP contribution in [0, 0.1) is 25.5 Å². The molecule has 126 valence electrons. The van der Waals surface area contributed by atoms with Crippen LogP contribution in [0.25, 0.3) is 11.1 Å². The summed E-state index contributed by atoms with van der Waals surface area (Å²) >= 11 is 0. The van der Waals surface area contributed by atoms with Crippen LogP contribution in [0.2, 0.25) is 0 Å². The summed E-state index contributed by atoms with van der Waals surface area (Å²) in [5.41, 5.74) is 1.12. The zero-order chi connectivity index (χ0) is 17.9. The lowest BCUT2D eigenvalue weighted by Gasteiger charge is -2.13. The average Bonchev–Trinajstić information content (AvgIpc) is 2.54. The van der Waals surface area contributed by atoms with Gasteiger partial charge in [-0.2, -0.15) is 0 Å². The standard InChI is InChI=1S/C17H16F2N2O3/c1-9-6-7-20-10(2)14(9)11-4-5-12(18)15(16(11)19)17(23)21-8-13(22)24-3/h4-7H,8H2,1-3H3,(H,21,23). The minimum Gasteiger partial charge on any atom is -0.468 e. The number of methoxy groups -OCH3 is 1. The fourth-order valence-corrected chi connectivity index (χ4v) is 2.37. The van der Waals surface area contributed by atoms with Crippen molar-refractivity contribution < 1.29 is 23.1 Å². The first-order valence-electron chi connectivity index (χ1n) is 7.12. The van der Waals surface area contributed by atoms with Gasteiger partial charge in [0.05, 0.1) is 7.11 Å². The van der Waals surface area contributed by atoms with E-state index >= 15 is 0 Å². The normalized spacial score (nSPS) is 10.4. The number of ether oxygens (including phenoxy) is 1. The Hall–Kier alpha value is -2.83. The van der Waals surface area contributed by atoms with Crippen molar-refractivity contribution in [1.82, 2.24) is 10.3 Å². The van der Waals surface area contributed by atoms with Crippen LogP contribution in [0.5, 0.6) is 0 Å². The third kappa shape index (κ3) is 3.40. The Bertz CT molecular complexity index is 786. The van der Waals surface area contributed by atoms with Gasteiger partial charge in [-0.05, 0) is 37.6 Å². The molecule has 0 aliphatic rings. The molecule has 0 fully saturated rings. The van der Waals surface area contributed by atoms with E-state index in [0.717, 1.165) is 18.7 Å². The van der Waals surface area contributed by atoms with Crippen molar-refractivity contribution in [2.24, 2.45) is 0 Å². The molecule has 0 spiro atoms.